The second-order valence-electron chi connectivity index (χ2n) is 4.67. The molecule has 0 aliphatic heterocycles. The molecule has 0 fully saturated rings. The molecule has 0 radical (unpaired) electrons. The van der Waals surface area contributed by atoms with Crippen LogP contribution in [0.3, 0.4) is 0 Å². The van der Waals surface area contributed by atoms with Gasteiger partial charge in [0.15, 0.2) is 0 Å². The van der Waals surface area contributed by atoms with Crippen molar-refractivity contribution in [2.24, 2.45) is 0 Å². The van der Waals surface area contributed by atoms with Crippen molar-refractivity contribution in [3.8, 4) is 0 Å². The molecule has 20 heavy (non-hydrogen) atoms. The quantitative estimate of drug-likeness (QED) is 0.621. The van der Waals surface area contributed by atoms with Crippen LogP contribution in [0.5, 0.6) is 0 Å². The van der Waals surface area contributed by atoms with E-state index in [1.807, 2.05) is 12.3 Å². The molecule has 0 saturated carbocycles. The van der Waals surface area contributed by atoms with Crippen LogP contribution < -0.4 is 5.32 Å². The van der Waals surface area contributed by atoms with Crippen LogP contribution >= 0.6 is 0 Å². The summed E-state index contributed by atoms with van der Waals surface area (Å²) in [5.74, 6) is -0.148. The largest absolute Gasteiger partial charge is 0.469 e. The zero-order valence-corrected chi connectivity index (χ0v) is 11.8. The van der Waals surface area contributed by atoms with Crippen molar-refractivity contribution in [3.05, 3.63) is 42.1 Å². The van der Waals surface area contributed by atoms with E-state index in [0.717, 1.165) is 31.4 Å². The van der Waals surface area contributed by atoms with E-state index in [1.165, 1.54) is 18.1 Å². The van der Waals surface area contributed by atoms with Crippen molar-refractivity contribution < 1.29 is 9.53 Å². The van der Waals surface area contributed by atoms with Crippen molar-refractivity contribution >= 4 is 16.9 Å². The number of hydrogen-bond acceptors (Lipinski definition) is 4. The smallest absolute Gasteiger partial charge is 0.305 e. The number of ether oxygens (including phenoxy) is 1. The molecule has 0 aliphatic rings. The molecule has 0 amide bonds. The number of carbonyl (C=O) groups is 1. The van der Waals surface area contributed by atoms with Crippen LogP contribution in [0.25, 0.3) is 10.9 Å². The minimum atomic E-state index is -0.148. The molecule has 4 nitrogen and oxygen atoms in total. The number of fused-ring (bicyclic) bond motifs is 1. The van der Waals surface area contributed by atoms with Crippen LogP contribution in [-0.4, -0.2) is 31.2 Å². The summed E-state index contributed by atoms with van der Waals surface area (Å²) < 4.78 is 4.60. The molecule has 1 N–H and O–H groups in total. The van der Waals surface area contributed by atoms with Gasteiger partial charge in [-0.15, -0.1) is 0 Å². The number of methoxy groups -OCH3 is 1. The van der Waals surface area contributed by atoms with Crippen LogP contribution in [0, 0.1) is 0 Å². The molecule has 0 unspecified atom stereocenters. The molecule has 106 valence electrons. The van der Waals surface area contributed by atoms with Crippen LogP contribution in [0.2, 0.25) is 0 Å². The van der Waals surface area contributed by atoms with Gasteiger partial charge < -0.3 is 10.1 Å². The molecule has 0 spiro atoms. The number of para-hydroxylation sites is 1. The molecule has 4 heteroatoms. The Morgan fingerprint density at radius 1 is 1.25 bits per heavy atom. The number of pyridine rings is 1. The van der Waals surface area contributed by atoms with Crippen molar-refractivity contribution in [3.63, 3.8) is 0 Å². The van der Waals surface area contributed by atoms with Gasteiger partial charge in [0.1, 0.15) is 0 Å². The highest BCUT2D eigenvalue weighted by atomic mass is 16.5. The average molecular weight is 272 g/mol. The number of aromatic nitrogens is 1. The molecule has 1 aromatic carbocycles. The van der Waals surface area contributed by atoms with E-state index in [-0.39, 0.29) is 5.97 Å². The molecular formula is C16H20N2O2. The standard InChI is InChI=1S/C16H20N2O2/c1-20-15(19)8-4-10-17-12-9-14-6-2-5-13-7-3-11-18-16(13)14/h2-3,5-7,11,17H,4,8-10,12H2,1H3. The third kappa shape index (κ3) is 4.03. The monoisotopic (exact) mass is 272 g/mol. The minimum absolute atomic E-state index is 0.148. The summed E-state index contributed by atoms with van der Waals surface area (Å²) in [6.07, 6.45) is 4.04. The van der Waals surface area contributed by atoms with E-state index in [4.69, 9.17) is 0 Å². The summed E-state index contributed by atoms with van der Waals surface area (Å²) in [6.45, 7) is 1.71. The molecule has 0 aliphatic carbocycles. The predicted octanol–water partition coefficient (Wildman–Crippen LogP) is 2.32. The highest BCUT2D eigenvalue weighted by Crippen LogP contribution is 2.15. The van der Waals surface area contributed by atoms with Crippen molar-refractivity contribution in [2.45, 2.75) is 19.3 Å². The highest BCUT2D eigenvalue weighted by molar-refractivity contribution is 5.81. The first kappa shape index (κ1) is 14.5. The molecule has 0 atom stereocenters. The summed E-state index contributed by atoms with van der Waals surface area (Å²) in [6, 6.07) is 10.3. The molecular weight excluding hydrogens is 252 g/mol. The number of rotatable bonds is 7. The fourth-order valence-electron chi connectivity index (χ4n) is 2.18. The fourth-order valence-corrected chi connectivity index (χ4v) is 2.18. The van der Waals surface area contributed by atoms with Crippen LogP contribution in [0.1, 0.15) is 18.4 Å². The maximum absolute atomic E-state index is 11.0. The number of nitrogens with one attached hydrogen (secondary N) is 1. The summed E-state index contributed by atoms with van der Waals surface area (Å²) in [5.41, 5.74) is 2.33. The van der Waals surface area contributed by atoms with Gasteiger partial charge in [-0.3, -0.25) is 9.78 Å². The lowest BCUT2D eigenvalue weighted by molar-refractivity contribution is -0.140. The fraction of sp³-hybridized carbons (Fsp3) is 0.375. The first-order chi connectivity index (χ1) is 9.81. The van der Waals surface area contributed by atoms with Gasteiger partial charge in [0.05, 0.1) is 12.6 Å². The van der Waals surface area contributed by atoms with Crippen LogP contribution in [0.15, 0.2) is 36.5 Å². The second kappa shape index (κ2) is 7.60. The van der Waals surface area contributed by atoms with Crippen LogP contribution in [-0.2, 0) is 16.0 Å². The number of benzene rings is 1. The zero-order chi connectivity index (χ0) is 14.2. The van der Waals surface area contributed by atoms with E-state index < -0.39 is 0 Å². The van der Waals surface area contributed by atoms with E-state index >= 15 is 0 Å². The Hall–Kier alpha value is -1.94. The minimum Gasteiger partial charge on any atom is -0.469 e. The Morgan fingerprint density at radius 2 is 2.10 bits per heavy atom. The van der Waals surface area contributed by atoms with Crippen molar-refractivity contribution in [1.82, 2.24) is 10.3 Å². The predicted molar refractivity (Wildman–Crippen MR) is 79.6 cm³/mol. The van der Waals surface area contributed by atoms with Gasteiger partial charge in [-0.25, -0.2) is 0 Å². The summed E-state index contributed by atoms with van der Waals surface area (Å²) in [7, 11) is 1.42. The normalized spacial score (nSPS) is 10.7. The van der Waals surface area contributed by atoms with Gasteiger partial charge in [-0.2, -0.15) is 0 Å². The lowest BCUT2D eigenvalue weighted by Crippen LogP contribution is -2.19. The first-order valence-electron chi connectivity index (χ1n) is 6.91. The van der Waals surface area contributed by atoms with Crippen molar-refractivity contribution in [1.29, 1.82) is 0 Å². The van der Waals surface area contributed by atoms with Gasteiger partial charge in [0.25, 0.3) is 0 Å². The number of carbonyl (C=O) groups excluding carboxylic acids is 1. The Balaban J connectivity index is 1.77. The second-order valence-corrected chi connectivity index (χ2v) is 4.67. The Bertz CT molecular complexity index is 564. The summed E-state index contributed by atoms with van der Waals surface area (Å²) in [4.78, 5) is 15.4. The summed E-state index contributed by atoms with van der Waals surface area (Å²) >= 11 is 0. The van der Waals surface area contributed by atoms with E-state index in [9.17, 15) is 4.79 Å². The Labute approximate surface area is 119 Å². The lowest BCUT2D eigenvalue weighted by Gasteiger charge is -2.07. The van der Waals surface area contributed by atoms with Crippen molar-refractivity contribution in [2.75, 3.05) is 20.2 Å². The van der Waals surface area contributed by atoms with E-state index in [2.05, 4.69) is 39.3 Å². The SMILES string of the molecule is COC(=O)CCCNCCc1cccc2cccnc12. The molecule has 1 heterocycles. The zero-order valence-electron chi connectivity index (χ0n) is 11.8. The van der Waals surface area contributed by atoms with Gasteiger partial charge in [0.2, 0.25) is 0 Å². The maximum Gasteiger partial charge on any atom is 0.305 e. The lowest BCUT2D eigenvalue weighted by atomic mass is 10.1. The number of nitrogens with zero attached hydrogens (tertiary/aromatic N) is 1. The van der Waals surface area contributed by atoms with Gasteiger partial charge in [-0.05, 0) is 37.6 Å². The van der Waals surface area contributed by atoms with Gasteiger partial charge in [0, 0.05) is 18.0 Å². The Kier molecular flexibility index (Phi) is 5.50. The average Bonchev–Trinajstić information content (AvgIpc) is 2.50. The number of esters is 1. The van der Waals surface area contributed by atoms with Gasteiger partial charge in [-0.1, -0.05) is 24.3 Å². The number of hydrogen-bond donors (Lipinski definition) is 1. The highest BCUT2D eigenvalue weighted by Gasteiger charge is 2.02. The molecule has 0 bridgehead atoms. The molecule has 1 aromatic heterocycles. The third-order valence-electron chi connectivity index (χ3n) is 3.25. The van der Waals surface area contributed by atoms with Crippen LogP contribution in [0.4, 0.5) is 0 Å². The maximum atomic E-state index is 11.0. The van der Waals surface area contributed by atoms with E-state index in [1.54, 1.807) is 0 Å². The topological polar surface area (TPSA) is 51.2 Å². The Morgan fingerprint density at radius 3 is 2.95 bits per heavy atom. The first-order valence-corrected chi connectivity index (χ1v) is 6.91. The molecule has 2 rings (SSSR count). The molecule has 2 aromatic rings. The van der Waals surface area contributed by atoms with E-state index in [0.29, 0.717) is 6.42 Å². The molecule has 0 saturated heterocycles. The summed E-state index contributed by atoms with van der Waals surface area (Å²) in [5, 5.41) is 4.52. The van der Waals surface area contributed by atoms with Gasteiger partial charge >= 0.3 is 5.97 Å². The third-order valence-corrected chi connectivity index (χ3v) is 3.25.